The van der Waals surface area contributed by atoms with Crippen molar-refractivity contribution in [3.63, 3.8) is 0 Å². The minimum Gasteiger partial charge on any atom is -0.353 e. The maximum absolute atomic E-state index is 15.5. The van der Waals surface area contributed by atoms with Gasteiger partial charge in [-0.3, -0.25) is 9.88 Å². The molecule has 0 radical (unpaired) electrons. The van der Waals surface area contributed by atoms with Gasteiger partial charge in [-0.15, -0.1) is 0 Å². The van der Waals surface area contributed by atoms with Gasteiger partial charge in [0.05, 0.1) is 22.2 Å². The fourth-order valence-electron chi connectivity index (χ4n) is 6.65. The number of pyridine rings is 1. The van der Waals surface area contributed by atoms with Crippen molar-refractivity contribution in [2.75, 3.05) is 55.6 Å². The fraction of sp³-hybridized carbons (Fsp3) is 0.567. The van der Waals surface area contributed by atoms with Gasteiger partial charge in [-0.25, -0.2) is 13.8 Å². The summed E-state index contributed by atoms with van der Waals surface area (Å²) in [6.45, 7) is 11.4. The normalized spacial score (nSPS) is 20.8. The van der Waals surface area contributed by atoms with Crippen LogP contribution in [0, 0.1) is 0 Å². The van der Waals surface area contributed by atoms with Gasteiger partial charge in [0, 0.05) is 68.6 Å². The number of aromatic nitrogens is 3. The second-order valence-corrected chi connectivity index (χ2v) is 11.9. The Hall–Kier alpha value is -2.76. The molecule has 1 aromatic carbocycles. The Morgan fingerprint density at radius 2 is 1.86 bits per heavy atom. The number of anilines is 2. The molecule has 2 saturated heterocycles. The minimum atomic E-state index is -3.92. The van der Waals surface area contributed by atoms with Gasteiger partial charge >= 0.3 is 5.38 Å². The highest BCUT2D eigenvalue weighted by Crippen LogP contribution is 2.50. The van der Waals surface area contributed by atoms with Crippen LogP contribution in [-0.2, 0) is 17.7 Å². The van der Waals surface area contributed by atoms with E-state index in [1.807, 2.05) is 4.90 Å². The van der Waals surface area contributed by atoms with Crippen LogP contribution in [0.15, 0.2) is 24.4 Å². The topological polar surface area (TPSA) is 60.4 Å². The number of benzene rings is 1. The zero-order valence-corrected chi connectivity index (χ0v) is 24.9. The molecule has 12 heteroatoms. The SMILES string of the molecule is CCC1CN(c2nc(N3CC(N(CC)CC)C3)nc3c(C(F)(F)Cl)c(-c4cccc5c4C(F)(F)CC5)ncc23)CCN1. The number of piperazine rings is 1. The van der Waals surface area contributed by atoms with Gasteiger partial charge in [-0.2, -0.15) is 13.8 Å². The number of hydrogen-bond donors (Lipinski definition) is 1. The second kappa shape index (κ2) is 11.1. The fourth-order valence-corrected chi connectivity index (χ4v) is 6.83. The smallest absolute Gasteiger partial charge is 0.352 e. The first-order valence-corrected chi connectivity index (χ1v) is 15.2. The van der Waals surface area contributed by atoms with Crippen molar-refractivity contribution in [1.82, 2.24) is 25.2 Å². The third kappa shape index (κ3) is 5.07. The van der Waals surface area contributed by atoms with Crippen LogP contribution in [0.4, 0.5) is 29.3 Å². The zero-order chi connectivity index (χ0) is 29.8. The Morgan fingerprint density at radius 1 is 1.10 bits per heavy atom. The van der Waals surface area contributed by atoms with Crippen LogP contribution >= 0.6 is 11.6 Å². The van der Waals surface area contributed by atoms with Gasteiger partial charge in [-0.1, -0.05) is 39.0 Å². The molecule has 3 aromatic rings. The Balaban J connectivity index is 1.55. The molecule has 0 saturated carbocycles. The molecule has 1 unspecified atom stereocenters. The van der Waals surface area contributed by atoms with E-state index in [1.165, 1.54) is 12.3 Å². The molecule has 6 rings (SSSR count). The summed E-state index contributed by atoms with van der Waals surface area (Å²) in [5.74, 6) is -2.32. The highest BCUT2D eigenvalue weighted by Gasteiger charge is 2.44. The first kappa shape index (κ1) is 29.3. The summed E-state index contributed by atoms with van der Waals surface area (Å²) >= 11 is 5.82. The predicted octanol–water partition coefficient (Wildman–Crippen LogP) is 5.74. The molecule has 4 heterocycles. The van der Waals surface area contributed by atoms with E-state index in [-0.39, 0.29) is 41.2 Å². The van der Waals surface area contributed by atoms with E-state index in [4.69, 9.17) is 16.6 Å². The van der Waals surface area contributed by atoms with E-state index in [0.29, 0.717) is 61.5 Å². The van der Waals surface area contributed by atoms with Crippen molar-refractivity contribution >= 4 is 34.3 Å². The highest BCUT2D eigenvalue weighted by atomic mass is 35.5. The van der Waals surface area contributed by atoms with Crippen molar-refractivity contribution in [2.24, 2.45) is 0 Å². The van der Waals surface area contributed by atoms with Crippen LogP contribution in [0.1, 0.15) is 50.3 Å². The molecule has 7 nitrogen and oxygen atoms in total. The van der Waals surface area contributed by atoms with E-state index in [2.05, 4.69) is 45.9 Å². The monoisotopic (exact) mass is 605 g/mol. The van der Waals surface area contributed by atoms with Gasteiger partial charge < -0.3 is 15.1 Å². The lowest BCUT2D eigenvalue weighted by Crippen LogP contribution is -2.60. The molecule has 226 valence electrons. The summed E-state index contributed by atoms with van der Waals surface area (Å²) < 4.78 is 61.2. The van der Waals surface area contributed by atoms with Crippen LogP contribution in [0.3, 0.4) is 0 Å². The lowest BCUT2D eigenvalue weighted by atomic mass is 9.95. The summed E-state index contributed by atoms with van der Waals surface area (Å²) in [7, 11) is 0. The van der Waals surface area contributed by atoms with E-state index >= 15 is 17.6 Å². The van der Waals surface area contributed by atoms with Gasteiger partial charge in [-0.05, 0) is 43.1 Å². The lowest BCUT2D eigenvalue weighted by molar-refractivity contribution is -0.00137. The van der Waals surface area contributed by atoms with Crippen molar-refractivity contribution in [3.05, 3.63) is 41.1 Å². The molecule has 2 aliphatic heterocycles. The largest absolute Gasteiger partial charge is 0.353 e. The number of fused-ring (bicyclic) bond motifs is 2. The standard InChI is InChI=1S/C30H36ClF4N7/c1-4-19-15-41(13-12-36-19)27-22-14-37-25(21-9-7-8-18-10-11-29(32,33)23(18)21)24(30(31,34)35)26(22)38-28(39-27)42-16-20(17-42)40(5-2)6-3/h7-9,14,19-20,36H,4-6,10-13,15-17H2,1-3H3. The average Bonchev–Trinajstić information content (AvgIpc) is 3.27. The third-order valence-corrected chi connectivity index (χ3v) is 9.18. The van der Waals surface area contributed by atoms with E-state index in [9.17, 15) is 0 Å². The van der Waals surface area contributed by atoms with Crippen LogP contribution in [0.5, 0.6) is 0 Å². The first-order valence-electron chi connectivity index (χ1n) is 14.8. The van der Waals surface area contributed by atoms with Crippen LogP contribution < -0.4 is 15.1 Å². The van der Waals surface area contributed by atoms with Crippen LogP contribution in [-0.4, -0.2) is 77.7 Å². The number of nitrogens with one attached hydrogen (secondary N) is 1. The van der Waals surface area contributed by atoms with Crippen molar-refractivity contribution in [1.29, 1.82) is 0 Å². The Morgan fingerprint density at radius 3 is 2.55 bits per heavy atom. The van der Waals surface area contributed by atoms with Gasteiger partial charge in [0.25, 0.3) is 5.92 Å². The Labute approximate surface area is 248 Å². The molecule has 1 aliphatic carbocycles. The summed E-state index contributed by atoms with van der Waals surface area (Å²) in [6, 6.07) is 5.16. The Bertz CT molecular complexity index is 1470. The second-order valence-electron chi connectivity index (χ2n) is 11.4. The van der Waals surface area contributed by atoms with E-state index in [0.717, 1.165) is 19.5 Å². The van der Waals surface area contributed by atoms with Crippen molar-refractivity contribution < 1.29 is 17.6 Å². The molecule has 1 atom stereocenters. The molecule has 2 fully saturated rings. The molecule has 0 bridgehead atoms. The van der Waals surface area contributed by atoms with Gasteiger partial charge in [0.1, 0.15) is 5.82 Å². The average molecular weight is 606 g/mol. The number of aryl methyl sites for hydroxylation is 1. The lowest BCUT2D eigenvalue weighted by Gasteiger charge is -2.45. The highest BCUT2D eigenvalue weighted by molar-refractivity contribution is 6.23. The molecule has 0 spiro atoms. The van der Waals surface area contributed by atoms with Gasteiger partial charge in [0.15, 0.2) is 0 Å². The molecule has 3 aliphatic rings. The number of halogens is 5. The molecule has 1 N–H and O–H groups in total. The number of rotatable bonds is 8. The molecule has 0 amide bonds. The number of nitrogens with zero attached hydrogens (tertiary/aromatic N) is 6. The van der Waals surface area contributed by atoms with Crippen LogP contribution in [0.2, 0.25) is 0 Å². The summed E-state index contributed by atoms with van der Waals surface area (Å²) in [5, 5.41) is -0.116. The number of likely N-dealkylation sites (N-methyl/N-ethyl adjacent to an activating group) is 1. The molecule has 2 aromatic heterocycles. The summed E-state index contributed by atoms with van der Waals surface area (Å²) in [6.07, 6.45) is 2.13. The van der Waals surface area contributed by atoms with E-state index in [1.54, 1.807) is 12.1 Å². The van der Waals surface area contributed by atoms with E-state index < -0.39 is 16.9 Å². The first-order chi connectivity index (χ1) is 20.1. The third-order valence-electron chi connectivity index (χ3n) is 9.00. The molecular formula is C30H36ClF4N7. The minimum absolute atomic E-state index is 0.0345. The maximum atomic E-state index is 15.5. The molecule has 42 heavy (non-hydrogen) atoms. The number of alkyl halides is 5. The summed E-state index contributed by atoms with van der Waals surface area (Å²) in [5.41, 5.74) is -0.851. The number of hydrogen-bond acceptors (Lipinski definition) is 7. The predicted molar refractivity (Wildman–Crippen MR) is 158 cm³/mol. The molecular weight excluding hydrogens is 570 g/mol. The zero-order valence-electron chi connectivity index (χ0n) is 24.1. The maximum Gasteiger partial charge on any atom is 0.352 e. The van der Waals surface area contributed by atoms with Crippen LogP contribution in [0.25, 0.3) is 22.2 Å². The quantitative estimate of drug-likeness (QED) is 0.260. The Kier molecular flexibility index (Phi) is 7.72. The van der Waals surface area contributed by atoms with Gasteiger partial charge in [0.2, 0.25) is 5.95 Å². The van der Waals surface area contributed by atoms with Crippen molar-refractivity contribution in [3.8, 4) is 11.3 Å². The summed E-state index contributed by atoms with van der Waals surface area (Å²) in [4.78, 5) is 20.4. The van der Waals surface area contributed by atoms with Crippen molar-refractivity contribution in [2.45, 2.75) is 63.4 Å².